The van der Waals surface area contributed by atoms with Crippen LogP contribution in [0.5, 0.6) is 11.5 Å². The number of hydrogen-bond donors (Lipinski definition) is 0. The fraction of sp³-hybridized carbons (Fsp3) is 0.364. The summed E-state index contributed by atoms with van der Waals surface area (Å²) in [5.41, 5.74) is -0.747. The first-order valence-electron chi connectivity index (χ1n) is 9.41. The number of hydrogen-bond acceptors (Lipinski definition) is 2. The molecule has 0 aromatic heterocycles. The average Bonchev–Trinajstić information content (AvgIpc) is 2.73. The lowest BCUT2D eigenvalue weighted by molar-refractivity contribution is 0.104. The zero-order valence-electron chi connectivity index (χ0n) is 16.5. The molecule has 0 bridgehead atoms. The molecule has 2 rings (SSSR count). The quantitative estimate of drug-likeness (QED) is 0.312. The molecule has 0 aliphatic heterocycles. The second kappa shape index (κ2) is 10.9. The van der Waals surface area contributed by atoms with Crippen molar-refractivity contribution >= 4 is 0 Å². The van der Waals surface area contributed by atoms with Crippen LogP contribution in [0.15, 0.2) is 36.4 Å². The molecule has 0 saturated heterocycles. The van der Waals surface area contributed by atoms with Gasteiger partial charge in [0.1, 0.15) is 6.61 Å². The van der Waals surface area contributed by atoms with Crippen LogP contribution in [0.3, 0.4) is 0 Å². The Hall–Kier alpha value is -2.64. The van der Waals surface area contributed by atoms with E-state index in [1.807, 2.05) is 0 Å². The Labute approximate surface area is 171 Å². The Balaban J connectivity index is 2.07. The molecule has 2 unspecified atom stereocenters. The van der Waals surface area contributed by atoms with Crippen molar-refractivity contribution in [3.63, 3.8) is 0 Å². The van der Waals surface area contributed by atoms with Crippen molar-refractivity contribution in [2.24, 2.45) is 0 Å². The molecule has 8 heteroatoms. The smallest absolute Gasteiger partial charge is 0.200 e. The molecule has 2 aromatic rings. The Kier molecular flexibility index (Phi) is 8.62. The molecular weight excluding hydrogens is 410 g/mol. The fourth-order valence-corrected chi connectivity index (χ4v) is 2.76. The molecule has 164 valence electrons. The minimum atomic E-state index is -2.58. The molecule has 0 spiro atoms. The van der Waals surface area contributed by atoms with Gasteiger partial charge >= 0.3 is 0 Å². The van der Waals surface area contributed by atoms with Crippen molar-refractivity contribution in [1.29, 1.82) is 0 Å². The predicted octanol–water partition coefficient (Wildman–Crippen LogP) is 6.58. The summed E-state index contributed by atoms with van der Waals surface area (Å²) in [5, 5.41) is 0. The summed E-state index contributed by atoms with van der Waals surface area (Å²) >= 11 is 0. The van der Waals surface area contributed by atoms with Crippen LogP contribution in [0, 0.1) is 23.3 Å². The summed E-state index contributed by atoms with van der Waals surface area (Å²) < 4.78 is 94.3. The highest BCUT2D eigenvalue weighted by Gasteiger charge is 2.29. The lowest BCUT2D eigenvalue weighted by Gasteiger charge is -2.17. The summed E-state index contributed by atoms with van der Waals surface area (Å²) in [7, 11) is 0. The zero-order valence-corrected chi connectivity index (χ0v) is 16.5. The lowest BCUT2D eigenvalue weighted by atomic mass is 10.1. The van der Waals surface area contributed by atoms with Crippen molar-refractivity contribution in [3.05, 3.63) is 70.8 Å². The standard InChI is InChI=1S/C22H22F6O2/c1-3-5-6-7-13-8-10-17(21(27)18(13)24)30-12-15(23)19(25)14-9-11-16(29-4-2)22(28)20(14)26/h3,5,8-11,15,19H,4,6-7,12H2,1-2H3. The van der Waals surface area contributed by atoms with Gasteiger partial charge in [0.05, 0.1) is 6.61 Å². The van der Waals surface area contributed by atoms with Gasteiger partial charge in [0.2, 0.25) is 11.6 Å². The van der Waals surface area contributed by atoms with Gasteiger partial charge in [0.15, 0.2) is 35.5 Å². The molecule has 0 radical (unpaired) electrons. The second-order valence-corrected chi connectivity index (χ2v) is 6.40. The van der Waals surface area contributed by atoms with Crippen molar-refractivity contribution in [2.45, 2.75) is 39.0 Å². The Morgan fingerprint density at radius 1 is 0.867 bits per heavy atom. The van der Waals surface area contributed by atoms with Crippen molar-refractivity contribution < 1.29 is 35.8 Å². The van der Waals surface area contributed by atoms with E-state index in [-0.39, 0.29) is 18.6 Å². The fourth-order valence-electron chi connectivity index (χ4n) is 2.76. The lowest BCUT2D eigenvalue weighted by Crippen LogP contribution is -2.20. The van der Waals surface area contributed by atoms with Gasteiger partial charge in [-0.25, -0.2) is 17.6 Å². The molecule has 0 aliphatic carbocycles. The van der Waals surface area contributed by atoms with E-state index in [1.54, 1.807) is 26.0 Å². The molecule has 30 heavy (non-hydrogen) atoms. The number of benzene rings is 2. The number of halogens is 6. The van der Waals surface area contributed by atoms with Crippen LogP contribution in [-0.2, 0) is 6.42 Å². The number of aryl methyl sites for hydroxylation is 1. The molecule has 0 saturated carbocycles. The molecule has 0 amide bonds. The highest BCUT2D eigenvalue weighted by molar-refractivity contribution is 5.33. The van der Waals surface area contributed by atoms with Gasteiger partial charge in [-0.15, -0.1) is 0 Å². The zero-order chi connectivity index (χ0) is 22.3. The number of alkyl halides is 2. The van der Waals surface area contributed by atoms with Gasteiger partial charge in [0, 0.05) is 5.56 Å². The van der Waals surface area contributed by atoms with E-state index in [4.69, 9.17) is 9.47 Å². The van der Waals surface area contributed by atoms with Crippen LogP contribution >= 0.6 is 0 Å². The minimum Gasteiger partial charge on any atom is -0.491 e. The van der Waals surface area contributed by atoms with E-state index in [0.29, 0.717) is 6.42 Å². The van der Waals surface area contributed by atoms with Gasteiger partial charge < -0.3 is 9.47 Å². The van der Waals surface area contributed by atoms with E-state index in [9.17, 15) is 26.3 Å². The molecule has 0 heterocycles. The van der Waals surface area contributed by atoms with Gasteiger partial charge in [-0.1, -0.05) is 18.2 Å². The van der Waals surface area contributed by atoms with Crippen molar-refractivity contribution in [2.75, 3.05) is 13.2 Å². The van der Waals surface area contributed by atoms with E-state index in [0.717, 1.165) is 18.2 Å². The largest absolute Gasteiger partial charge is 0.491 e. The van der Waals surface area contributed by atoms with Gasteiger partial charge in [-0.3, -0.25) is 0 Å². The van der Waals surface area contributed by atoms with Crippen LogP contribution in [0.2, 0.25) is 0 Å². The third-order valence-corrected chi connectivity index (χ3v) is 4.33. The minimum absolute atomic E-state index is 0.0601. The monoisotopic (exact) mass is 432 g/mol. The van der Waals surface area contributed by atoms with E-state index in [1.165, 1.54) is 6.07 Å². The van der Waals surface area contributed by atoms with E-state index < -0.39 is 59.3 Å². The molecule has 0 N–H and O–H groups in total. The highest BCUT2D eigenvalue weighted by atomic mass is 19.2. The molecule has 2 aromatic carbocycles. The summed E-state index contributed by atoms with van der Waals surface area (Å²) in [5.74, 6) is -6.51. The first-order valence-corrected chi connectivity index (χ1v) is 9.41. The van der Waals surface area contributed by atoms with Gasteiger partial charge in [-0.05, 0) is 50.5 Å². The number of rotatable bonds is 10. The summed E-state index contributed by atoms with van der Waals surface area (Å²) in [4.78, 5) is 0. The van der Waals surface area contributed by atoms with Crippen molar-refractivity contribution in [1.82, 2.24) is 0 Å². The first kappa shape index (κ1) is 23.6. The van der Waals surface area contributed by atoms with E-state index in [2.05, 4.69) is 0 Å². The normalized spacial score (nSPS) is 13.5. The van der Waals surface area contributed by atoms with E-state index >= 15 is 0 Å². The van der Waals surface area contributed by atoms with Crippen LogP contribution < -0.4 is 9.47 Å². The first-order chi connectivity index (χ1) is 14.3. The van der Waals surface area contributed by atoms with Gasteiger partial charge in [-0.2, -0.15) is 8.78 Å². The SMILES string of the molecule is CC=CCCc1ccc(OCC(F)C(F)c2ccc(OCC)c(F)c2F)c(F)c1F. The summed E-state index contributed by atoms with van der Waals surface area (Å²) in [6, 6.07) is 4.25. The van der Waals surface area contributed by atoms with Crippen molar-refractivity contribution in [3.8, 4) is 11.5 Å². The molecule has 2 atom stereocenters. The van der Waals surface area contributed by atoms with Crippen LogP contribution in [0.4, 0.5) is 26.3 Å². The average molecular weight is 432 g/mol. The summed E-state index contributed by atoms with van der Waals surface area (Å²) in [6.45, 7) is 2.39. The molecule has 2 nitrogen and oxygen atoms in total. The Morgan fingerprint density at radius 2 is 1.50 bits per heavy atom. The van der Waals surface area contributed by atoms with Gasteiger partial charge in [0.25, 0.3) is 0 Å². The Morgan fingerprint density at radius 3 is 2.17 bits per heavy atom. The Bertz CT molecular complexity index is 884. The third kappa shape index (κ3) is 5.49. The topological polar surface area (TPSA) is 18.5 Å². The molecule has 0 aliphatic rings. The number of allylic oxidation sites excluding steroid dienone is 2. The maximum Gasteiger partial charge on any atom is 0.200 e. The predicted molar refractivity (Wildman–Crippen MR) is 101 cm³/mol. The van der Waals surface area contributed by atoms with Crippen LogP contribution in [-0.4, -0.2) is 19.4 Å². The maximum atomic E-state index is 14.3. The van der Waals surface area contributed by atoms with Crippen LogP contribution in [0.25, 0.3) is 0 Å². The molecular formula is C22H22F6O2. The third-order valence-electron chi connectivity index (χ3n) is 4.33. The second-order valence-electron chi connectivity index (χ2n) is 6.40. The van der Waals surface area contributed by atoms with Crippen LogP contribution in [0.1, 0.15) is 37.6 Å². The number of ether oxygens (including phenoxy) is 2. The highest BCUT2D eigenvalue weighted by Crippen LogP contribution is 2.32. The molecule has 0 fully saturated rings. The maximum absolute atomic E-state index is 14.3. The summed E-state index contributed by atoms with van der Waals surface area (Å²) in [6.07, 6.45) is -0.696.